The quantitative estimate of drug-likeness (QED) is 0.263. The lowest BCUT2D eigenvalue weighted by molar-refractivity contribution is -0.0228. The number of nitrogens with zero attached hydrogens (tertiary/aromatic N) is 1. The Hall–Kier alpha value is -1.18. The van der Waals surface area contributed by atoms with Gasteiger partial charge in [0.25, 0.3) is 5.56 Å². The highest BCUT2D eigenvalue weighted by Crippen LogP contribution is 2.57. The number of ether oxygens (including phenoxy) is 1. The summed E-state index contributed by atoms with van der Waals surface area (Å²) >= 11 is 0. The number of hydrogen-bond donors (Lipinski definition) is 6. The van der Waals surface area contributed by atoms with Gasteiger partial charge in [0.05, 0.1) is 12.2 Å². The van der Waals surface area contributed by atoms with Gasteiger partial charge in [-0.25, -0.2) is 13.9 Å². The van der Waals surface area contributed by atoms with Gasteiger partial charge in [0, 0.05) is 13.2 Å². The SMILES string of the molecule is Cn1cc([C@@H]2O[C@H](COP(=O)(O)OP(=O)(O)O)[C@@H](O)[C@H]2O)c(=O)[nH]c1=O. The van der Waals surface area contributed by atoms with Crippen LogP contribution in [0.5, 0.6) is 0 Å². The third-order valence-electron chi connectivity index (χ3n) is 3.42. The summed E-state index contributed by atoms with van der Waals surface area (Å²) in [6, 6.07) is 0. The third-order valence-corrected chi connectivity index (χ3v) is 5.57. The standard InChI is InChI=1S/C10H16N2O12P2/c1-12-2-4(9(15)11-10(12)16)8-7(14)6(13)5(23-8)3-22-26(20,21)24-25(17,18)19/h2,5-8,13-14H,3H2,1H3,(H,20,21)(H,11,15,16)(H2,17,18,19)/t5-,6-,7-,8+/m1/s1. The van der Waals surface area contributed by atoms with Crippen LogP contribution in [0.3, 0.4) is 0 Å². The van der Waals surface area contributed by atoms with Crippen molar-refractivity contribution in [1.29, 1.82) is 0 Å². The van der Waals surface area contributed by atoms with Crippen LogP contribution in [-0.2, 0) is 29.7 Å². The molecule has 0 saturated carbocycles. The monoisotopic (exact) mass is 418 g/mol. The second kappa shape index (κ2) is 7.44. The molecule has 1 aromatic rings. The van der Waals surface area contributed by atoms with Crippen LogP contribution in [-0.4, -0.2) is 59.4 Å². The molecule has 1 unspecified atom stereocenters. The second-order valence-corrected chi connectivity index (χ2v) is 8.20. The van der Waals surface area contributed by atoms with E-state index in [-0.39, 0.29) is 5.56 Å². The van der Waals surface area contributed by atoms with E-state index < -0.39 is 57.9 Å². The van der Waals surface area contributed by atoms with Gasteiger partial charge in [0.1, 0.15) is 24.4 Å². The molecule has 2 heterocycles. The molecular formula is C10H16N2O12P2. The van der Waals surface area contributed by atoms with Gasteiger partial charge in [0.15, 0.2) is 0 Å². The van der Waals surface area contributed by atoms with Crippen molar-refractivity contribution < 1.29 is 47.6 Å². The van der Waals surface area contributed by atoms with Gasteiger partial charge >= 0.3 is 21.3 Å². The Morgan fingerprint density at radius 1 is 1.23 bits per heavy atom. The van der Waals surface area contributed by atoms with E-state index >= 15 is 0 Å². The lowest BCUT2D eigenvalue weighted by Crippen LogP contribution is -2.35. The van der Waals surface area contributed by atoms with E-state index in [1.165, 1.54) is 7.05 Å². The highest BCUT2D eigenvalue weighted by atomic mass is 31.3. The first kappa shape index (κ1) is 21.1. The molecule has 1 aliphatic heterocycles. The summed E-state index contributed by atoms with van der Waals surface area (Å²) in [6.45, 7) is -0.897. The van der Waals surface area contributed by atoms with E-state index in [0.717, 1.165) is 10.8 Å². The number of aliphatic hydroxyl groups excluding tert-OH is 2. The van der Waals surface area contributed by atoms with Crippen LogP contribution < -0.4 is 11.2 Å². The van der Waals surface area contributed by atoms with Gasteiger partial charge in [-0.2, -0.15) is 4.31 Å². The molecule has 0 spiro atoms. The number of aryl methyl sites for hydroxylation is 1. The molecule has 0 radical (unpaired) electrons. The van der Waals surface area contributed by atoms with Crippen LogP contribution in [0, 0.1) is 0 Å². The van der Waals surface area contributed by atoms with Crippen molar-refractivity contribution in [2.45, 2.75) is 24.4 Å². The van der Waals surface area contributed by atoms with Crippen LogP contribution >= 0.6 is 15.6 Å². The van der Waals surface area contributed by atoms with E-state index in [9.17, 15) is 33.8 Å². The lowest BCUT2D eigenvalue weighted by atomic mass is 10.0. The fraction of sp³-hybridized carbons (Fsp3) is 0.600. The number of aliphatic hydroxyl groups is 2. The van der Waals surface area contributed by atoms with Gasteiger partial charge < -0.3 is 34.2 Å². The van der Waals surface area contributed by atoms with Gasteiger partial charge in [-0.15, -0.1) is 0 Å². The predicted octanol–water partition coefficient (Wildman–Crippen LogP) is -2.54. The molecule has 0 amide bonds. The number of H-pyrrole nitrogens is 1. The van der Waals surface area contributed by atoms with Crippen molar-refractivity contribution in [2.75, 3.05) is 6.61 Å². The molecule has 16 heteroatoms. The highest BCUT2D eigenvalue weighted by molar-refractivity contribution is 7.60. The zero-order valence-corrected chi connectivity index (χ0v) is 14.8. The molecule has 14 nitrogen and oxygen atoms in total. The summed E-state index contributed by atoms with van der Waals surface area (Å²) in [7, 11) is -9.18. The maximum atomic E-state index is 11.8. The first-order valence-electron chi connectivity index (χ1n) is 6.86. The molecule has 0 aliphatic carbocycles. The van der Waals surface area contributed by atoms with Gasteiger partial charge in [-0.3, -0.25) is 14.3 Å². The summed E-state index contributed by atoms with van der Waals surface area (Å²) < 4.78 is 36.1. The van der Waals surface area contributed by atoms with Crippen LogP contribution in [0.25, 0.3) is 0 Å². The van der Waals surface area contributed by atoms with E-state index in [1.807, 2.05) is 4.98 Å². The summed E-state index contributed by atoms with van der Waals surface area (Å²) in [6.07, 6.45) is -5.07. The summed E-state index contributed by atoms with van der Waals surface area (Å²) in [5.41, 5.74) is -1.79. The maximum Gasteiger partial charge on any atom is 0.481 e. The number of phosphoric acid groups is 2. The summed E-state index contributed by atoms with van der Waals surface area (Å²) in [5.74, 6) is 0. The largest absolute Gasteiger partial charge is 0.481 e. The molecule has 2 rings (SSSR count). The number of hydrogen-bond acceptors (Lipinski definition) is 9. The maximum absolute atomic E-state index is 11.8. The number of aromatic amines is 1. The Morgan fingerprint density at radius 2 is 1.85 bits per heavy atom. The summed E-state index contributed by atoms with van der Waals surface area (Å²) in [4.78, 5) is 51.3. The van der Waals surface area contributed by atoms with Crippen molar-refractivity contribution in [3.8, 4) is 0 Å². The average Bonchev–Trinajstić information content (AvgIpc) is 2.75. The minimum Gasteiger partial charge on any atom is -0.387 e. The molecule has 26 heavy (non-hydrogen) atoms. The van der Waals surface area contributed by atoms with Gasteiger partial charge in [-0.05, 0) is 0 Å². The predicted molar refractivity (Wildman–Crippen MR) is 80.8 cm³/mol. The average molecular weight is 418 g/mol. The third kappa shape index (κ3) is 4.96. The van der Waals surface area contributed by atoms with Crippen molar-refractivity contribution in [3.05, 3.63) is 32.6 Å². The molecule has 6 N–H and O–H groups in total. The van der Waals surface area contributed by atoms with Gasteiger partial charge in [-0.1, -0.05) is 0 Å². The van der Waals surface area contributed by atoms with E-state index in [4.69, 9.17) is 14.5 Å². The van der Waals surface area contributed by atoms with E-state index in [2.05, 4.69) is 8.83 Å². The van der Waals surface area contributed by atoms with E-state index in [0.29, 0.717) is 0 Å². The number of nitrogens with one attached hydrogen (secondary N) is 1. The molecular weight excluding hydrogens is 402 g/mol. The van der Waals surface area contributed by atoms with E-state index in [1.54, 1.807) is 0 Å². The van der Waals surface area contributed by atoms with Crippen LogP contribution in [0.4, 0.5) is 0 Å². The molecule has 148 valence electrons. The molecule has 5 atom stereocenters. The Kier molecular flexibility index (Phi) is 6.05. The van der Waals surface area contributed by atoms with Crippen LogP contribution in [0.15, 0.2) is 15.8 Å². The zero-order valence-electron chi connectivity index (χ0n) is 13.0. The Bertz CT molecular complexity index is 873. The minimum atomic E-state index is -5.32. The molecule has 1 aromatic heterocycles. The number of phosphoric ester groups is 1. The normalized spacial score (nSPS) is 28.8. The fourth-order valence-corrected chi connectivity index (χ4v) is 3.85. The molecule has 1 fully saturated rings. The first-order chi connectivity index (χ1) is 11.8. The molecule has 1 saturated heterocycles. The molecule has 0 aromatic carbocycles. The van der Waals surface area contributed by atoms with Crippen molar-refractivity contribution in [3.63, 3.8) is 0 Å². The Labute approximate surface area is 144 Å². The molecule has 1 aliphatic rings. The first-order valence-corrected chi connectivity index (χ1v) is 9.89. The fourth-order valence-electron chi connectivity index (χ4n) is 2.26. The molecule has 0 bridgehead atoms. The number of aromatic nitrogens is 2. The zero-order chi connectivity index (χ0) is 19.9. The van der Waals surface area contributed by atoms with Crippen LogP contribution in [0.2, 0.25) is 0 Å². The van der Waals surface area contributed by atoms with Crippen molar-refractivity contribution >= 4 is 15.6 Å². The van der Waals surface area contributed by atoms with Gasteiger partial charge in [0.2, 0.25) is 0 Å². The van der Waals surface area contributed by atoms with Crippen molar-refractivity contribution in [1.82, 2.24) is 9.55 Å². The highest BCUT2D eigenvalue weighted by Gasteiger charge is 2.46. The van der Waals surface area contributed by atoms with Crippen molar-refractivity contribution in [2.24, 2.45) is 7.05 Å². The Balaban J connectivity index is 2.14. The topological polar surface area (TPSA) is 218 Å². The number of rotatable bonds is 6. The second-order valence-electron chi connectivity index (χ2n) is 5.37. The minimum absolute atomic E-state index is 0.195. The summed E-state index contributed by atoms with van der Waals surface area (Å²) in [5, 5.41) is 20.0. The lowest BCUT2D eigenvalue weighted by Gasteiger charge is -2.17. The Morgan fingerprint density at radius 3 is 2.42 bits per heavy atom. The van der Waals surface area contributed by atoms with Crippen LogP contribution in [0.1, 0.15) is 11.7 Å². The smallest absolute Gasteiger partial charge is 0.387 e.